The average molecular weight is 281 g/mol. The zero-order valence-corrected chi connectivity index (χ0v) is 11.2. The molecular formula is C13H10Cl2N2O. The van der Waals surface area contributed by atoms with Crippen molar-refractivity contribution in [1.29, 1.82) is 0 Å². The second-order valence-electron chi connectivity index (χ2n) is 3.93. The molecule has 0 amide bonds. The van der Waals surface area contributed by atoms with Gasteiger partial charge in [-0.3, -0.25) is 4.79 Å². The third-order valence-corrected chi connectivity index (χ3v) is 3.12. The van der Waals surface area contributed by atoms with E-state index in [1.807, 2.05) is 6.92 Å². The molecule has 18 heavy (non-hydrogen) atoms. The molecule has 1 aromatic heterocycles. The standard InChI is InChI=1S/C13H10Cl2N2O/c1-8-6-16-13(17-7-8)12(18)5-9-2-3-10(14)11(15)4-9/h2-4,6-7H,5H2,1H3. The van der Waals surface area contributed by atoms with Crippen molar-refractivity contribution in [2.75, 3.05) is 0 Å². The first-order valence-corrected chi connectivity index (χ1v) is 6.07. The Hall–Kier alpha value is -1.45. The molecule has 0 bridgehead atoms. The van der Waals surface area contributed by atoms with E-state index in [1.165, 1.54) is 0 Å². The summed E-state index contributed by atoms with van der Waals surface area (Å²) in [5.74, 6) is 0.0695. The van der Waals surface area contributed by atoms with Gasteiger partial charge in [0.15, 0.2) is 5.82 Å². The molecule has 0 fully saturated rings. The molecule has 3 nitrogen and oxygen atoms in total. The molecule has 0 N–H and O–H groups in total. The first-order chi connectivity index (χ1) is 8.56. The molecule has 0 saturated heterocycles. The van der Waals surface area contributed by atoms with E-state index < -0.39 is 0 Å². The quantitative estimate of drug-likeness (QED) is 0.808. The number of aromatic nitrogens is 2. The molecule has 1 heterocycles. The van der Waals surface area contributed by atoms with Crippen LogP contribution >= 0.6 is 23.2 Å². The van der Waals surface area contributed by atoms with Crippen LogP contribution in [0.2, 0.25) is 10.0 Å². The van der Waals surface area contributed by atoms with Gasteiger partial charge in [0.2, 0.25) is 5.78 Å². The van der Waals surface area contributed by atoms with Crippen LogP contribution in [0.25, 0.3) is 0 Å². The predicted molar refractivity (Wildman–Crippen MR) is 71.3 cm³/mol. The summed E-state index contributed by atoms with van der Waals surface area (Å²) in [6.45, 7) is 1.87. The van der Waals surface area contributed by atoms with Crippen LogP contribution in [0.4, 0.5) is 0 Å². The van der Waals surface area contributed by atoms with E-state index in [0.29, 0.717) is 10.0 Å². The largest absolute Gasteiger partial charge is 0.290 e. The fourth-order valence-corrected chi connectivity index (χ4v) is 1.77. The Kier molecular flexibility index (Phi) is 3.94. The molecular weight excluding hydrogens is 271 g/mol. The lowest BCUT2D eigenvalue weighted by Gasteiger charge is -2.02. The van der Waals surface area contributed by atoms with Gasteiger partial charge in [-0.05, 0) is 30.2 Å². The van der Waals surface area contributed by atoms with E-state index in [9.17, 15) is 4.79 Å². The summed E-state index contributed by atoms with van der Waals surface area (Å²) in [5.41, 5.74) is 1.71. The third kappa shape index (κ3) is 3.06. The molecule has 0 saturated carbocycles. The van der Waals surface area contributed by atoms with Crippen molar-refractivity contribution in [3.63, 3.8) is 0 Å². The van der Waals surface area contributed by atoms with Crippen molar-refractivity contribution < 1.29 is 4.79 Å². The smallest absolute Gasteiger partial charge is 0.204 e. The number of carbonyl (C=O) groups is 1. The summed E-state index contributed by atoms with van der Waals surface area (Å²) in [6, 6.07) is 5.11. The van der Waals surface area contributed by atoms with Crippen molar-refractivity contribution in [3.05, 3.63) is 57.6 Å². The van der Waals surface area contributed by atoms with Crippen molar-refractivity contribution in [2.45, 2.75) is 13.3 Å². The number of hydrogen-bond donors (Lipinski definition) is 0. The lowest BCUT2D eigenvalue weighted by atomic mass is 10.1. The molecule has 0 radical (unpaired) electrons. The monoisotopic (exact) mass is 280 g/mol. The SMILES string of the molecule is Cc1cnc(C(=O)Cc2ccc(Cl)c(Cl)c2)nc1. The van der Waals surface area contributed by atoms with Crippen LogP contribution in [0.15, 0.2) is 30.6 Å². The fourth-order valence-electron chi connectivity index (χ4n) is 1.45. The molecule has 0 unspecified atom stereocenters. The predicted octanol–water partition coefficient (Wildman–Crippen LogP) is 3.52. The van der Waals surface area contributed by atoms with Crippen LogP contribution in [0.1, 0.15) is 21.7 Å². The van der Waals surface area contributed by atoms with Crippen LogP contribution in [-0.2, 0) is 6.42 Å². The summed E-state index contributed by atoms with van der Waals surface area (Å²) in [7, 11) is 0. The number of hydrogen-bond acceptors (Lipinski definition) is 3. The van der Waals surface area contributed by atoms with E-state index >= 15 is 0 Å². The van der Waals surface area contributed by atoms with Crippen molar-refractivity contribution in [3.8, 4) is 0 Å². The number of ketones is 1. The van der Waals surface area contributed by atoms with Gasteiger partial charge >= 0.3 is 0 Å². The molecule has 2 aromatic rings. The lowest BCUT2D eigenvalue weighted by Crippen LogP contribution is -2.08. The van der Waals surface area contributed by atoms with Gasteiger partial charge in [-0.15, -0.1) is 0 Å². The number of aryl methyl sites for hydroxylation is 1. The minimum Gasteiger partial charge on any atom is -0.290 e. The number of benzene rings is 1. The maximum absolute atomic E-state index is 11.9. The molecule has 92 valence electrons. The zero-order valence-electron chi connectivity index (χ0n) is 9.65. The average Bonchev–Trinajstić information content (AvgIpc) is 2.34. The number of nitrogens with zero attached hydrogens (tertiary/aromatic N) is 2. The molecule has 0 aliphatic heterocycles. The van der Waals surface area contributed by atoms with Gasteiger partial charge in [-0.1, -0.05) is 29.3 Å². The summed E-state index contributed by atoms with van der Waals surface area (Å²) in [5, 5.41) is 0.909. The molecule has 5 heteroatoms. The Balaban J connectivity index is 2.16. The summed E-state index contributed by atoms with van der Waals surface area (Å²) >= 11 is 11.7. The van der Waals surface area contributed by atoms with Crippen molar-refractivity contribution >= 4 is 29.0 Å². The Morgan fingerprint density at radius 2 is 1.83 bits per heavy atom. The first-order valence-electron chi connectivity index (χ1n) is 5.32. The van der Waals surface area contributed by atoms with Gasteiger partial charge in [-0.2, -0.15) is 0 Å². The van der Waals surface area contributed by atoms with E-state index in [2.05, 4.69) is 9.97 Å². The maximum Gasteiger partial charge on any atom is 0.204 e. The highest BCUT2D eigenvalue weighted by molar-refractivity contribution is 6.42. The molecule has 0 spiro atoms. The second-order valence-corrected chi connectivity index (χ2v) is 4.75. The van der Waals surface area contributed by atoms with Crippen molar-refractivity contribution in [2.24, 2.45) is 0 Å². The van der Waals surface area contributed by atoms with Gasteiger partial charge < -0.3 is 0 Å². The normalized spacial score (nSPS) is 10.4. The summed E-state index contributed by atoms with van der Waals surface area (Å²) in [6.07, 6.45) is 3.45. The van der Waals surface area contributed by atoms with Crippen molar-refractivity contribution in [1.82, 2.24) is 9.97 Å². The molecule has 1 aromatic carbocycles. The molecule has 2 rings (SSSR count). The number of rotatable bonds is 3. The molecule has 0 aliphatic carbocycles. The number of Topliss-reactive ketones (excluding diaryl/α,β-unsaturated/α-hetero) is 1. The Bertz CT molecular complexity index is 582. The van der Waals surface area contributed by atoms with Gasteiger partial charge in [0, 0.05) is 18.8 Å². The minimum atomic E-state index is -0.145. The van der Waals surface area contributed by atoms with Crippen LogP contribution < -0.4 is 0 Å². The van der Waals surface area contributed by atoms with Crippen LogP contribution in [0.3, 0.4) is 0 Å². The van der Waals surface area contributed by atoms with Gasteiger partial charge in [0.05, 0.1) is 10.0 Å². The topological polar surface area (TPSA) is 42.9 Å². The van der Waals surface area contributed by atoms with Crippen LogP contribution in [0, 0.1) is 6.92 Å². The number of carbonyl (C=O) groups excluding carboxylic acids is 1. The second kappa shape index (κ2) is 5.46. The minimum absolute atomic E-state index is 0.145. The first kappa shape index (κ1) is 13.0. The van der Waals surface area contributed by atoms with E-state index in [1.54, 1.807) is 30.6 Å². The van der Waals surface area contributed by atoms with E-state index in [4.69, 9.17) is 23.2 Å². The highest BCUT2D eigenvalue weighted by Gasteiger charge is 2.10. The summed E-state index contributed by atoms with van der Waals surface area (Å²) < 4.78 is 0. The van der Waals surface area contributed by atoms with E-state index in [0.717, 1.165) is 11.1 Å². The highest BCUT2D eigenvalue weighted by Crippen LogP contribution is 2.23. The molecule has 0 atom stereocenters. The Labute approximate surface area is 115 Å². The zero-order chi connectivity index (χ0) is 13.1. The van der Waals surface area contributed by atoms with Gasteiger partial charge in [0.25, 0.3) is 0 Å². The molecule has 0 aliphatic rings. The Morgan fingerprint density at radius 3 is 2.44 bits per heavy atom. The fraction of sp³-hybridized carbons (Fsp3) is 0.154. The lowest BCUT2D eigenvalue weighted by molar-refractivity contribution is 0.0983. The number of halogens is 2. The Morgan fingerprint density at radius 1 is 1.17 bits per heavy atom. The highest BCUT2D eigenvalue weighted by atomic mass is 35.5. The van der Waals surface area contributed by atoms with Gasteiger partial charge in [-0.25, -0.2) is 9.97 Å². The third-order valence-electron chi connectivity index (χ3n) is 2.38. The van der Waals surface area contributed by atoms with E-state index in [-0.39, 0.29) is 18.0 Å². The van der Waals surface area contributed by atoms with Crippen LogP contribution in [0.5, 0.6) is 0 Å². The van der Waals surface area contributed by atoms with Gasteiger partial charge in [0.1, 0.15) is 0 Å². The summed E-state index contributed by atoms with van der Waals surface area (Å²) in [4.78, 5) is 19.9. The maximum atomic E-state index is 11.9. The van der Waals surface area contributed by atoms with Crippen LogP contribution in [-0.4, -0.2) is 15.8 Å².